The molecule has 0 saturated carbocycles. The predicted molar refractivity (Wildman–Crippen MR) is 231 cm³/mol. The van der Waals surface area contributed by atoms with Gasteiger partial charge in [-0.25, -0.2) is 4.79 Å². The highest BCUT2D eigenvalue weighted by Gasteiger charge is 2.15. The largest absolute Gasteiger partial charge is 0.466 e. The lowest BCUT2D eigenvalue weighted by Gasteiger charge is -2.23. The molecule has 1 unspecified atom stereocenters. The van der Waals surface area contributed by atoms with Crippen LogP contribution in [-0.4, -0.2) is 92.3 Å². The van der Waals surface area contributed by atoms with E-state index < -0.39 is 6.09 Å². The van der Waals surface area contributed by atoms with Crippen LogP contribution in [0.2, 0.25) is 0 Å². The van der Waals surface area contributed by atoms with Gasteiger partial charge in [0.05, 0.1) is 20.3 Å². The van der Waals surface area contributed by atoms with Crippen molar-refractivity contribution in [3.63, 3.8) is 0 Å². The number of amides is 1. The fraction of sp³-hybridized carbons (Fsp3) is 0.935. The second kappa shape index (κ2) is 42.7. The smallest absolute Gasteiger partial charge is 0.433 e. The number of hydroxylamine groups is 2. The van der Waals surface area contributed by atoms with E-state index in [0.29, 0.717) is 30.9 Å². The number of hydrogen-bond donors (Lipinski definition) is 2. The number of ether oxygens (including phenoxy) is 3. The maximum atomic E-state index is 12.8. The molecule has 0 aromatic carbocycles. The molecule has 2 N–H and O–H groups in total. The zero-order valence-corrected chi connectivity index (χ0v) is 37.2. The molecule has 0 heterocycles. The molecule has 10 heteroatoms. The first kappa shape index (κ1) is 54.1. The Morgan fingerprint density at radius 2 is 1.00 bits per heavy atom. The van der Waals surface area contributed by atoms with Crippen molar-refractivity contribution in [2.24, 2.45) is 0 Å². The Hall–Kier alpha value is -1.91. The van der Waals surface area contributed by atoms with E-state index in [2.05, 4.69) is 35.7 Å². The van der Waals surface area contributed by atoms with E-state index in [1.54, 1.807) is 0 Å². The molecule has 56 heavy (non-hydrogen) atoms. The second-order valence-corrected chi connectivity index (χ2v) is 16.1. The van der Waals surface area contributed by atoms with Crippen LogP contribution < -0.4 is 5.32 Å². The van der Waals surface area contributed by atoms with Crippen molar-refractivity contribution in [3.05, 3.63) is 0 Å². The van der Waals surface area contributed by atoms with Crippen molar-refractivity contribution in [2.75, 3.05) is 53.0 Å². The summed E-state index contributed by atoms with van der Waals surface area (Å²) in [7, 11) is 1.27. The second-order valence-electron chi connectivity index (χ2n) is 16.1. The van der Waals surface area contributed by atoms with Crippen LogP contribution in [-0.2, 0) is 23.8 Å². The summed E-state index contributed by atoms with van der Waals surface area (Å²) >= 11 is 0. The fourth-order valence-electron chi connectivity index (χ4n) is 7.15. The lowest BCUT2D eigenvalue weighted by atomic mass is 10.0. The Balaban J connectivity index is 4.37. The molecule has 0 aliphatic rings. The average molecular weight is 798 g/mol. The summed E-state index contributed by atoms with van der Waals surface area (Å²) in [5.74, 6) is -0.0868. The van der Waals surface area contributed by atoms with E-state index in [1.165, 1.54) is 71.3 Å². The Kier molecular flexibility index (Phi) is 41.2. The number of esters is 2. The predicted octanol–water partition coefficient (Wildman–Crippen LogP) is 11.9. The van der Waals surface area contributed by atoms with Crippen LogP contribution in [0.4, 0.5) is 4.79 Å². The molecule has 10 nitrogen and oxygen atoms in total. The minimum Gasteiger partial charge on any atom is -0.466 e. The lowest BCUT2D eigenvalue weighted by molar-refractivity contribution is -0.150. The average Bonchev–Trinajstić information content (AvgIpc) is 3.19. The topological polar surface area (TPSA) is 118 Å². The van der Waals surface area contributed by atoms with E-state index in [-0.39, 0.29) is 24.6 Å². The molecule has 0 aromatic heterocycles. The third kappa shape index (κ3) is 37.7. The lowest BCUT2D eigenvalue weighted by Crippen LogP contribution is -2.33. The van der Waals surface area contributed by atoms with Gasteiger partial charge in [0.1, 0.15) is 6.10 Å². The van der Waals surface area contributed by atoms with Crippen molar-refractivity contribution < 1.29 is 33.8 Å². The van der Waals surface area contributed by atoms with Gasteiger partial charge in [-0.1, -0.05) is 130 Å². The first-order chi connectivity index (χ1) is 27.4. The van der Waals surface area contributed by atoms with Gasteiger partial charge in [-0.3, -0.25) is 14.8 Å². The molecule has 1 atom stereocenters. The summed E-state index contributed by atoms with van der Waals surface area (Å²) in [6, 6.07) is 0. The molecule has 0 aromatic rings. The number of methoxy groups -OCH3 is 1. The van der Waals surface area contributed by atoms with Crippen LogP contribution in [0.5, 0.6) is 0 Å². The number of nitrogens with zero attached hydrogens (tertiary/aromatic N) is 2. The minimum absolute atomic E-state index is 0.0279. The zero-order chi connectivity index (χ0) is 41.2. The highest BCUT2D eigenvalue weighted by atomic mass is 16.6. The first-order valence-electron chi connectivity index (χ1n) is 23.7. The van der Waals surface area contributed by atoms with Gasteiger partial charge >= 0.3 is 18.0 Å². The number of rotatable bonds is 43. The molecular formula is C46H91N3O7. The van der Waals surface area contributed by atoms with Gasteiger partial charge in [0, 0.05) is 12.8 Å². The Morgan fingerprint density at radius 3 is 1.57 bits per heavy atom. The number of nitrogens with one attached hydrogen (secondary N) is 1. The van der Waals surface area contributed by atoms with Gasteiger partial charge in [-0.05, 0) is 110 Å². The van der Waals surface area contributed by atoms with Gasteiger partial charge in [-0.15, -0.1) is 0 Å². The van der Waals surface area contributed by atoms with E-state index in [0.717, 1.165) is 148 Å². The van der Waals surface area contributed by atoms with Crippen molar-refractivity contribution >= 4 is 18.0 Å². The molecule has 0 aliphatic carbocycles. The summed E-state index contributed by atoms with van der Waals surface area (Å²) < 4.78 is 16.1. The van der Waals surface area contributed by atoms with Crippen LogP contribution in [0.25, 0.3) is 0 Å². The standard InChI is InChI=1S/C46H91N3O7/c1-5-8-10-12-14-22-30-42-55-44(50)34-24-18-15-20-28-38-48(40-31-41-49(53)46(52)54-4)39-29-21-16-19-25-35-45(51)56-43(32-23-17-13-11-9-6-2)33-26-27-37-47-36-7-3/h43,47,53H,5-42H2,1-4H3. The van der Waals surface area contributed by atoms with Crippen LogP contribution in [0, 0.1) is 0 Å². The van der Waals surface area contributed by atoms with Crippen molar-refractivity contribution in [1.82, 2.24) is 15.3 Å². The van der Waals surface area contributed by atoms with Crippen LogP contribution in [0.15, 0.2) is 0 Å². The Morgan fingerprint density at radius 1 is 0.518 bits per heavy atom. The highest BCUT2D eigenvalue weighted by molar-refractivity contribution is 5.69. The third-order valence-corrected chi connectivity index (χ3v) is 10.7. The van der Waals surface area contributed by atoms with E-state index in [4.69, 9.17) is 9.47 Å². The molecule has 0 radical (unpaired) electrons. The Bertz CT molecular complexity index is 862. The molecule has 0 spiro atoms. The van der Waals surface area contributed by atoms with Gasteiger partial charge in [0.25, 0.3) is 0 Å². The summed E-state index contributed by atoms with van der Waals surface area (Å²) in [6.07, 6.45) is 32.9. The molecule has 0 rings (SSSR count). The molecule has 1 amide bonds. The van der Waals surface area contributed by atoms with E-state index in [9.17, 15) is 19.6 Å². The normalized spacial score (nSPS) is 11.9. The van der Waals surface area contributed by atoms with Crippen LogP contribution in [0.1, 0.15) is 220 Å². The number of carbonyl (C=O) groups is 3. The quantitative estimate of drug-likeness (QED) is 0.0204. The molecule has 0 fully saturated rings. The SMILES string of the molecule is CCCCCCCCCOC(=O)CCCCCCCN(CCCCCCCC(=O)OC(CCCCCCCC)CCCCNCCC)CCCN(O)C(=O)OC. The van der Waals surface area contributed by atoms with Crippen LogP contribution in [0.3, 0.4) is 0 Å². The molecular weight excluding hydrogens is 707 g/mol. The van der Waals surface area contributed by atoms with Gasteiger partial charge in [0.15, 0.2) is 0 Å². The highest BCUT2D eigenvalue weighted by Crippen LogP contribution is 2.17. The monoisotopic (exact) mass is 798 g/mol. The summed E-state index contributed by atoms with van der Waals surface area (Å²) in [6.45, 7) is 12.3. The van der Waals surface area contributed by atoms with Crippen molar-refractivity contribution in [1.29, 1.82) is 0 Å². The summed E-state index contributed by atoms with van der Waals surface area (Å²) in [4.78, 5) is 38.9. The maximum Gasteiger partial charge on any atom is 0.433 e. The molecule has 0 bridgehead atoms. The molecule has 0 saturated heterocycles. The number of carbonyl (C=O) groups excluding carboxylic acids is 3. The van der Waals surface area contributed by atoms with Crippen LogP contribution >= 0.6 is 0 Å². The Labute approximate surface area is 345 Å². The van der Waals surface area contributed by atoms with Gasteiger partial charge in [-0.2, -0.15) is 5.06 Å². The van der Waals surface area contributed by atoms with Crippen molar-refractivity contribution in [3.8, 4) is 0 Å². The molecule has 332 valence electrons. The van der Waals surface area contributed by atoms with Gasteiger partial charge in [0.2, 0.25) is 0 Å². The minimum atomic E-state index is -0.731. The molecule has 0 aliphatic heterocycles. The summed E-state index contributed by atoms with van der Waals surface area (Å²) in [5, 5.41) is 14.0. The van der Waals surface area contributed by atoms with Gasteiger partial charge < -0.3 is 24.4 Å². The number of unbranched alkanes of at least 4 members (excludes halogenated alkanes) is 20. The number of hydrogen-bond acceptors (Lipinski definition) is 9. The van der Waals surface area contributed by atoms with E-state index in [1.807, 2.05) is 0 Å². The van der Waals surface area contributed by atoms with E-state index >= 15 is 0 Å². The zero-order valence-electron chi connectivity index (χ0n) is 37.2. The maximum absolute atomic E-state index is 12.8. The third-order valence-electron chi connectivity index (χ3n) is 10.7. The fourth-order valence-corrected chi connectivity index (χ4v) is 7.15. The van der Waals surface area contributed by atoms with Crippen molar-refractivity contribution in [2.45, 2.75) is 226 Å². The summed E-state index contributed by atoms with van der Waals surface area (Å²) in [5.41, 5.74) is 0. The first-order valence-corrected chi connectivity index (χ1v) is 23.7.